The van der Waals surface area contributed by atoms with Gasteiger partial charge in [-0.05, 0) is 55.8 Å². The topological polar surface area (TPSA) is 61.8 Å². The van der Waals surface area contributed by atoms with Crippen LogP contribution in [0.3, 0.4) is 0 Å². The lowest BCUT2D eigenvalue weighted by Gasteiger charge is -2.28. The maximum atomic E-state index is 13.1. The van der Waals surface area contributed by atoms with Gasteiger partial charge in [0.05, 0.1) is 0 Å². The van der Waals surface area contributed by atoms with Crippen LogP contribution in [0.2, 0.25) is 0 Å². The normalized spacial score (nSPS) is 15.6. The molecule has 140 valence electrons. The van der Waals surface area contributed by atoms with E-state index in [0.717, 1.165) is 5.56 Å². The summed E-state index contributed by atoms with van der Waals surface area (Å²) in [7, 11) is 0. The number of carbonyl (C=O) groups excluding carboxylic acids is 2. The van der Waals surface area contributed by atoms with Crippen molar-refractivity contribution in [3.63, 3.8) is 0 Å². The number of nitrogens with one attached hydrogen (secondary N) is 1. The summed E-state index contributed by atoms with van der Waals surface area (Å²) in [5.41, 5.74) is 0.559. The first-order valence-corrected chi connectivity index (χ1v) is 8.45. The predicted molar refractivity (Wildman–Crippen MR) is 97.0 cm³/mol. The fraction of sp³-hybridized carbons (Fsp3) is 0.250. The van der Waals surface area contributed by atoms with Crippen molar-refractivity contribution in [1.29, 1.82) is 0 Å². The van der Waals surface area contributed by atoms with Crippen LogP contribution in [0.1, 0.15) is 25.0 Å². The Labute approximate surface area is 155 Å². The fourth-order valence-electron chi connectivity index (χ4n) is 2.82. The van der Waals surface area contributed by atoms with Crippen LogP contribution in [-0.2, 0) is 16.1 Å². The molecule has 0 saturated heterocycles. The third-order valence-corrected chi connectivity index (χ3v) is 4.32. The molecule has 0 unspecified atom stereocenters. The molecule has 2 amide bonds. The van der Waals surface area contributed by atoms with Crippen molar-refractivity contribution in [2.75, 3.05) is 6.54 Å². The van der Waals surface area contributed by atoms with E-state index in [2.05, 4.69) is 10.3 Å². The van der Waals surface area contributed by atoms with Crippen LogP contribution in [0.4, 0.5) is 8.78 Å². The van der Waals surface area contributed by atoms with Gasteiger partial charge in [-0.3, -0.25) is 14.6 Å². The van der Waals surface area contributed by atoms with Crippen molar-refractivity contribution in [3.8, 4) is 0 Å². The standard InChI is InChI=1S/C20H19F2N3O2/c1-20(2)24-18(14-5-9-16(22)10-6-14)19(27)25(20)12-17(26)23-11-13-3-7-15(21)8-4-13/h3-10H,11-12H2,1-2H3,(H,23,26). The Morgan fingerprint density at radius 1 is 1.04 bits per heavy atom. The zero-order chi connectivity index (χ0) is 19.6. The number of rotatable bonds is 5. The van der Waals surface area contributed by atoms with E-state index in [0.29, 0.717) is 5.56 Å². The number of aliphatic imine (C=N–C) groups is 1. The van der Waals surface area contributed by atoms with E-state index in [4.69, 9.17) is 0 Å². The Hall–Kier alpha value is -3.09. The van der Waals surface area contributed by atoms with Crippen molar-refractivity contribution in [3.05, 3.63) is 71.3 Å². The largest absolute Gasteiger partial charge is 0.350 e. The van der Waals surface area contributed by atoms with Crippen molar-refractivity contribution >= 4 is 17.5 Å². The van der Waals surface area contributed by atoms with E-state index < -0.39 is 11.5 Å². The van der Waals surface area contributed by atoms with Crippen molar-refractivity contribution in [2.24, 2.45) is 4.99 Å². The first-order valence-electron chi connectivity index (χ1n) is 8.45. The lowest BCUT2D eigenvalue weighted by molar-refractivity contribution is -0.134. The molecule has 0 saturated carbocycles. The van der Waals surface area contributed by atoms with Gasteiger partial charge < -0.3 is 10.2 Å². The number of nitrogens with zero attached hydrogens (tertiary/aromatic N) is 2. The van der Waals surface area contributed by atoms with Gasteiger partial charge in [0.15, 0.2) is 0 Å². The van der Waals surface area contributed by atoms with E-state index >= 15 is 0 Å². The van der Waals surface area contributed by atoms with Crippen molar-refractivity contribution in [1.82, 2.24) is 10.2 Å². The maximum Gasteiger partial charge on any atom is 0.275 e. The molecular formula is C20H19F2N3O2. The zero-order valence-corrected chi connectivity index (χ0v) is 15.0. The van der Waals surface area contributed by atoms with E-state index in [9.17, 15) is 18.4 Å². The molecule has 0 aromatic heterocycles. The van der Waals surface area contributed by atoms with Crippen LogP contribution in [0.25, 0.3) is 0 Å². The quantitative estimate of drug-likeness (QED) is 0.878. The highest BCUT2D eigenvalue weighted by molar-refractivity contribution is 6.46. The molecule has 27 heavy (non-hydrogen) atoms. The first kappa shape index (κ1) is 18.7. The van der Waals surface area contributed by atoms with Gasteiger partial charge in [-0.1, -0.05) is 12.1 Å². The second-order valence-corrected chi connectivity index (χ2v) is 6.76. The van der Waals surface area contributed by atoms with Crippen molar-refractivity contribution in [2.45, 2.75) is 26.1 Å². The molecule has 2 aromatic carbocycles. The molecule has 0 fully saturated rings. The lowest BCUT2D eigenvalue weighted by Crippen LogP contribution is -2.48. The highest BCUT2D eigenvalue weighted by Crippen LogP contribution is 2.26. The highest BCUT2D eigenvalue weighted by atomic mass is 19.1. The molecule has 0 radical (unpaired) electrons. The van der Waals surface area contributed by atoms with Crippen LogP contribution in [0.15, 0.2) is 53.5 Å². The molecule has 1 heterocycles. The van der Waals surface area contributed by atoms with E-state index in [-0.39, 0.29) is 36.4 Å². The van der Waals surface area contributed by atoms with E-state index in [1.165, 1.54) is 41.3 Å². The van der Waals surface area contributed by atoms with Gasteiger partial charge in [-0.15, -0.1) is 0 Å². The molecule has 1 N–H and O–H groups in total. The molecule has 0 spiro atoms. The van der Waals surface area contributed by atoms with Crippen molar-refractivity contribution < 1.29 is 18.4 Å². The fourth-order valence-corrected chi connectivity index (χ4v) is 2.82. The summed E-state index contributed by atoms with van der Waals surface area (Å²) in [5, 5.41) is 2.71. The number of hydrogen-bond acceptors (Lipinski definition) is 3. The van der Waals surface area contributed by atoms with Crippen LogP contribution in [-0.4, -0.2) is 34.6 Å². The molecule has 0 aliphatic carbocycles. The van der Waals surface area contributed by atoms with E-state index in [1.54, 1.807) is 26.0 Å². The van der Waals surface area contributed by atoms with Crippen LogP contribution in [0, 0.1) is 11.6 Å². The second-order valence-electron chi connectivity index (χ2n) is 6.76. The molecular weight excluding hydrogens is 352 g/mol. The average Bonchev–Trinajstić information content (AvgIpc) is 2.85. The van der Waals surface area contributed by atoms with E-state index in [1.807, 2.05) is 0 Å². The minimum absolute atomic E-state index is 0.165. The highest BCUT2D eigenvalue weighted by Gasteiger charge is 2.41. The van der Waals surface area contributed by atoms with Gasteiger partial charge in [0.25, 0.3) is 5.91 Å². The summed E-state index contributed by atoms with van der Waals surface area (Å²) in [5.74, 6) is -1.49. The van der Waals surface area contributed by atoms with Crippen LogP contribution < -0.4 is 5.32 Å². The molecule has 1 aliphatic rings. The predicted octanol–water partition coefficient (Wildman–Crippen LogP) is 2.65. The van der Waals surface area contributed by atoms with Gasteiger partial charge in [-0.2, -0.15) is 0 Å². The smallest absolute Gasteiger partial charge is 0.275 e. The minimum Gasteiger partial charge on any atom is -0.350 e. The molecule has 7 heteroatoms. The monoisotopic (exact) mass is 371 g/mol. The summed E-state index contributed by atoms with van der Waals surface area (Å²) >= 11 is 0. The van der Waals surface area contributed by atoms with Gasteiger partial charge in [0.2, 0.25) is 5.91 Å². The zero-order valence-electron chi connectivity index (χ0n) is 15.0. The summed E-state index contributed by atoms with van der Waals surface area (Å²) < 4.78 is 26.0. The lowest BCUT2D eigenvalue weighted by atomic mass is 10.1. The number of halogens is 2. The Balaban J connectivity index is 1.66. The molecule has 3 rings (SSSR count). The molecule has 1 aliphatic heterocycles. The summed E-state index contributed by atoms with van der Waals surface area (Å²) in [6.45, 7) is 3.53. The summed E-state index contributed by atoms with van der Waals surface area (Å²) in [4.78, 5) is 30.8. The minimum atomic E-state index is -0.895. The Bertz CT molecular complexity index is 890. The summed E-state index contributed by atoms with van der Waals surface area (Å²) in [6.07, 6.45) is 0. The first-order chi connectivity index (χ1) is 12.8. The van der Waals surface area contributed by atoms with Crippen LogP contribution >= 0.6 is 0 Å². The third kappa shape index (κ3) is 4.19. The van der Waals surface area contributed by atoms with Gasteiger partial charge in [-0.25, -0.2) is 8.78 Å². The molecule has 5 nitrogen and oxygen atoms in total. The Morgan fingerprint density at radius 2 is 1.59 bits per heavy atom. The van der Waals surface area contributed by atoms with Crippen LogP contribution in [0.5, 0.6) is 0 Å². The molecule has 2 aromatic rings. The number of carbonyl (C=O) groups is 2. The average molecular weight is 371 g/mol. The Morgan fingerprint density at radius 3 is 2.19 bits per heavy atom. The SMILES string of the molecule is CC1(C)N=C(c2ccc(F)cc2)C(=O)N1CC(=O)NCc1ccc(F)cc1. The number of benzene rings is 2. The molecule has 0 bridgehead atoms. The molecule has 0 atom stereocenters. The third-order valence-electron chi connectivity index (χ3n) is 4.32. The maximum absolute atomic E-state index is 13.1. The number of amides is 2. The Kier molecular flexibility index (Phi) is 5.03. The second kappa shape index (κ2) is 7.26. The summed E-state index contributed by atoms with van der Waals surface area (Å²) in [6, 6.07) is 11.3. The number of hydrogen-bond donors (Lipinski definition) is 1. The van der Waals surface area contributed by atoms with Gasteiger partial charge in [0, 0.05) is 12.1 Å². The van der Waals surface area contributed by atoms with Gasteiger partial charge >= 0.3 is 0 Å². The van der Waals surface area contributed by atoms with Gasteiger partial charge in [0.1, 0.15) is 29.6 Å².